The molecule has 0 aliphatic heterocycles. The van der Waals surface area contributed by atoms with E-state index in [9.17, 15) is 9.59 Å². The number of hydrogen-bond donors (Lipinski definition) is 1. The highest BCUT2D eigenvalue weighted by molar-refractivity contribution is 6.36. The summed E-state index contributed by atoms with van der Waals surface area (Å²) < 4.78 is 5.30. The fraction of sp³-hybridized carbons (Fsp3) is 0. The van der Waals surface area contributed by atoms with Crippen molar-refractivity contribution < 1.29 is 14.3 Å². The summed E-state index contributed by atoms with van der Waals surface area (Å²) in [7, 11) is 0. The lowest BCUT2D eigenvalue weighted by molar-refractivity contribution is 0.0734. The Kier molecular flexibility index (Phi) is 6.88. The van der Waals surface area contributed by atoms with Crippen LogP contribution >= 0.6 is 34.8 Å². The fourth-order valence-corrected chi connectivity index (χ4v) is 2.89. The third kappa shape index (κ3) is 5.81. The van der Waals surface area contributed by atoms with Gasteiger partial charge in [-0.25, -0.2) is 10.2 Å². The Morgan fingerprint density at radius 3 is 2.17 bits per heavy atom. The number of nitrogens with one attached hydrogen (secondary N) is 1. The number of carbonyl (C=O) groups is 2. The zero-order chi connectivity index (χ0) is 20.8. The highest BCUT2D eigenvalue weighted by Crippen LogP contribution is 2.21. The van der Waals surface area contributed by atoms with E-state index in [4.69, 9.17) is 39.5 Å². The molecule has 0 saturated carbocycles. The Morgan fingerprint density at radius 2 is 1.52 bits per heavy atom. The second-order valence-electron chi connectivity index (χ2n) is 5.79. The monoisotopic (exact) mass is 446 g/mol. The van der Waals surface area contributed by atoms with Crippen molar-refractivity contribution in [2.45, 2.75) is 0 Å². The molecule has 0 bridgehead atoms. The van der Waals surface area contributed by atoms with E-state index in [-0.39, 0.29) is 10.6 Å². The van der Waals surface area contributed by atoms with Crippen molar-refractivity contribution in [3.63, 3.8) is 0 Å². The van der Waals surface area contributed by atoms with Gasteiger partial charge in [0.1, 0.15) is 5.75 Å². The lowest BCUT2D eigenvalue weighted by Gasteiger charge is -2.05. The molecule has 0 aliphatic carbocycles. The van der Waals surface area contributed by atoms with Crippen molar-refractivity contribution >= 4 is 52.9 Å². The molecule has 0 saturated heterocycles. The van der Waals surface area contributed by atoms with E-state index in [1.165, 1.54) is 18.3 Å². The van der Waals surface area contributed by atoms with Crippen LogP contribution in [-0.2, 0) is 0 Å². The lowest BCUT2D eigenvalue weighted by Crippen LogP contribution is -2.18. The predicted octanol–water partition coefficient (Wildman–Crippen LogP) is 5.63. The van der Waals surface area contributed by atoms with E-state index in [0.717, 1.165) is 0 Å². The molecule has 0 fully saturated rings. The highest BCUT2D eigenvalue weighted by atomic mass is 35.5. The van der Waals surface area contributed by atoms with E-state index in [2.05, 4.69) is 10.5 Å². The molecule has 0 atom stereocenters. The van der Waals surface area contributed by atoms with Crippen LogP contribution in [0.25, 0.3) is 0 Å². The van der Waals surface area contributed by atoms with Crippen LogP contribution in [0.15, 0.2) is 71.8 Å². The maximum absolute atomic E-state index is 12.1. The lowest BCUT2D eigenvalue weighted by atomic mass is 10.2. The first-order valence-corrected chi connectivity index (χ1v) is 9.42. The van der Waals surface area contributed by atoms with Gasteiger partial charge in [-0.2, -0.15) is 5.10 Å². The van der Waals surface area contributed by atoms with Gasteiger partial charge in [0.05, 0.1) is 22.4 Å². The number of carbonyl (C=O) groups excluding carboxylic acids is 2. The number of hydrazone groups is 1. The number of ether oxygens (including phenoxy) is 1. The molecule has 0 aromatic heterocycles. The van der Waals surface area contributed by atoms with Gasteiger partial charge in [-0.15, -0.1) is 0 Å². The molecule has 146 valence electrons. The summed E-state index contributed by atoms with van der Waals surface area (Å²) in [6.45, 7) is 0. The van der Waals surface area contributed by atoms with Gasteiger partial charge in [-0.3, -0.25) is 4.79 Å². The minimum Gasteiger partial charge on any atom is -0.423 e. The maximum atomic E-state index is 12.1. The van der Waals surface area contributed by atoms with Crippen molar-refractivity contribution in [2.75, 3.05) is 0 Å². The van der Waals surface area contributed by atoms with Gasteiger partial charge in [0.25, 0.3) is 5.91 Å². The van der Waals surface area contributed by atoms with Crippen LogP contribution < -0.4 is 10.2 Å². The van der Waals surface area contributed by atoms with Crippen LogP contribution in [0.2, 0.25) is 15.1 Å². The van der Waals surface area contributed by atoms with Gasteiger partial charge in [0, 0.05) is 10.0 Å². The summed E-state index contributed by atoms with van der Waals surface area (Å²) in [6.07, 6.45) is 1.45. The van der Waals surface area contributed by atoms with Crippen molar-refractivity contribution in [1.29, 1.82) is 0 Å². The molecule has 1 N–H and O–H groups in total. The van der Waals surface area contributed by atoms with Crippen molar-refractivity contribution in [3.8, 4) is 5.75 Å². The molecule has 0 aliphatic rings. The summed E-state index contributed by atoms with van der Waals surface area (Å²) in [4.78, 5) is 24.2. The topological polar surface area (TPSA) is 67.8 Å². The van der Waals surface area contributed by atoms with Gasteiger partial charge in [0.2, 0.25) is 0 Å². The smallest absolute Gasteiger partial charge is 0.343 e. The molecular weight excluding hydrogens is 435 g/mol. The van der Waals surface area contributed by atoms with E-state index >= 15 is 0 Å². The second-order valence-corrected chi connectivity index (χ2v) is 7.07. The van der Waals surface area contributed by atoms with Gasteiger partial charge in [0.15, 0.2) is 0 Å². The Labute approximate surface area is 181 Å². The van der Waals surface area contributed by atoms with E-state index in [1.54, 1.807) is 54.6 Å². The van der Waals surface area contributed by atoms with Gasteiger partial charge >= 0.3 is 5.97 Å². The van der Waals surface area contributed by atoms with Crippen LogP contribution in [-0.4, -0.2) is 18.1 Å². The standard InChI is InChI=1S/C21H13Cl3N2O3/c22-15-5-3-14(4-6-15)21(28)29-17-8-1-13(2-9-17)12-25-26-20(27)18-10-7-16(23)11-19(18)24/h1-12H,(H,26,27)/b25-12-. The zero-order valence-electron chi connectivity index (χ0n) is 14.7. The van der Waals surface area contributed by atoms with Crippen LogP contribution in [0.3, 0.4) is 0 Å². The van der Waals surface area contributed by atoms with Crippen molar-refractivity contribution in [2.24, 2.45) is 5.10 Å². The Morgan fingerprint density at radius 1 is 0.862 bits per heavy atom. The fourth-order valence-electron chi connectivity index (χ4n) is 2.27. The van der Waals surface area contributed by atoms with Crippen LogP contribution in [0.5, 0.6) is 5.75 Å². The van der Waals surface area contributed by atoms with Crippen molar-refractivity contribution in [1.82, 2.24) is 5.43 Å². The molecule has 0 unspecified atom stereocenters. The molecular formula is C21H13Cl3N2O3. The summed E-state index contributed by atoms with van der Waals surface area (Å²) in [5.74, 6) is -0.578. The molecule has 3 rings (SSSR count). The SMILES string of the molecule is O=C(Oc1ccc(/C=N\NC(=O)c2ccc(Cl)cc2Cl)cc1)c1ccc(Cl)cc1. The minimum absolute atomic E-state index is 0.233. The van der Waals surface area contributed by atoms with E-state index < -0.39 is 11.9 Å². The average Bonchev–Trinajstić information content (AvgIpc) is 2.69. The maximum Gasteiger partial charge on any atom is 0.343 e. The minimum atomic E-state index is -0.491. The molecule has 0 heterocycles. The van der Waals surface area contributed by atoms with Crippen molar-refractivity contribution in [3.05, 3.63) is 98.5 Å². The molecule has 0 radical (unpaired) electrons. The van der Waals surface area contributed by atoms with E-state index in [0.29, 0.717) is 26.9 Å². The summed E-state index contributed by atoms with van der Waals surface area (Å²) in [5.41, 5.74) is 3.73. The largest absolute Gasteiger partial charge is 0.423 e. The number of hydrogen-bond acceptors (Lipinski definition) is 4. The Bertz CT molecular complexity index is 1070. The van der Waals surface area contributed by atoms with Crippen LogP contribution in [0, 0.1) is 0 Å². The summed E-state index contributed by atoms with van der Waals surface area (Å²) >= 11 is 17.6. The molecule has 8 heteroatoms. The summed E-state index contributed by atoms with van der Waals surface area (Å²) in [6, 6.07) is 17.6. The number of nitrogens with zero attached hydrogens (tertiary/aromatic N) is 1. The third-order valence-electron chi connectivity index (χ3n) is 3.73. The molecule has 29 heavy (non-hydrogen) atoms. The Hall–Kier alpha value is -2.86. The number of esters is 1. The summed E-state index contributed by atoms with van der Waals surface area (Å²) in [5, 5.41) is 5.10. The number of halogens is 3. The van der Waals surface area contributed by atoms with Gasteiger partial charge in [-0.05, 0) is 72.3 Å². The van der Waals surface area contributed by atoms with E-state index in [1.807, 2.05) is 0 Å². The van der Waals surface area contributed by atoms with Crippen LogP contribution in [0.1, 0.15) is 26.3 Å². The Balaban J connectivity index is 1.57. The third-order valence-corrected chi connectivity index (χ3v) is 4.53. The number of benzene rings is 3. The first kappa shape index (κ1) is 20.9. The van der Waals surface area contributed by atoms with Crippen LogP contribution in [0.4, 0.5) is 0 Å². The van der Waals surface area contributed by atoms with Gasteiger partial charge < -0.3 is 4.74 Å². The normalized spacial score (nSPS) is 10.7. The highest BCUT2D eigenvalue weighted by Gasteiger charge is 2.10. The second kappa shape index (κ2) is 9.56. The number of rotatable bonds is 5. The zero-order valence-corrected chi connectivity index (χ0v) is 17.0. The first-order chi connectivity index (χ1) is 13.9. The molecule has 5 nitrogen and oxygen atoms in total. The molecule has 3 aromatic carbocycles. The molecule has 1 amide bonds. The number of amides is 1. The quantitative estimate of drug-likeness (QED) is 0.238. The molecule has 3 aromatic rings. The molecule has 0 spiro atoms. The first-order valence-electron chi connectivity index (χ1n) is 8.28. The average molecular weight is 448 g/mol. The van der Waals surface area contributed by atoms with Gasteiger partial charge in [-0.1, -0.05) is 34.8 Å². The predicted molar refractivity (Wildman–Crippen MR) is 114 cm³/mol.